The minimum Gasteiger partial charge on any atom is -0.323 e. The third-order valence-corrected chi connectivity index (χ3v) is 2.57. The third kappa shape index (κ3) is 2.28. The van der Waals surface area contributed by atoms with Crippen LogP contribution in [0.3, 0.4) is 0 Å². The molecule has 0 aromatic carbocycles. The Bertz CT molecular complexity index is 292. The van der Waals surface area contributed by atoms with Gasteiger partial charge in [-0.2, -0.15) is 0 Å². The van der Waals surface area contributed by atoms with E-state index in [1.807, 2.05) is 25.1 Å². The van der Waals surface area contributed by atoms with Gasteiger partial charge in [-0.1, -0.05) is 18.9 Å². The zero-order valence-corrected chi connectivity index (χ0v) is 8.03. The van der Waals surface area contributed by atoms with Gasteiger partial charge in [0.15, 0.2) is 0 Å². The van der Waals surface area contributed by atoms with Crippen LogP contribution in [0.4, 0.5) is 0 Å². The zero-order valence-electron chi connectivity index (χ0n) is 8.03. The maximum absolute atomic E-state index is 6.04. The molecule has 0 unspecified atom stereocenters. The van der Waals surface area contributed by atoms with E-state index in [1.165, 1.54) is 12.8 Å². The molecule has 1 aromatic rings. The number of aromatic nitrogens is 1. The number of nitrogens with two attached hydrogens (primary N) is 1. The van der Waals surface area contributed by atoms with Crippen molar-refractivity contribution in [3.63, 3.8) is 0 Å². The van der Waals surface area contributed by atoms with Crippen LogP contribution in [0, 0.1) is 12.8 Å². The molecule has 0 amide bonds. The summed E-state index contributed by atoms with van der Waals surface area (Å²) in [7, 11) is 0. The summed E-state index contributed by atoms with van der Waals surface area (Å²) in [6.45, 7) is 2.01. The highest BCUT2D eigenvalue weighted by atomic mass is 14.8. The summed E-state index contributed by atoms with van der Waals surface area (Å²) < 4.78 is 0. The minimum atomic E-state index is 0.146. The molecule has 1 aliphatic carbocycles. The molecule has 2 heteroatoms. The Morgan fingerprint density at radius 2 is 2.31 bits per heavy atom. The van der Waals surface area contributed by atoms with Gasteiger partial charge in [0.05, 0.1) is 5.69 Å². The van der Waals surface area contributed by atoms with Crippen molar-refractivity contribution in [3.05, 3.63) is 29.6 Å². The largest absolute Gasteiger partial charge is 0.323 e. The fourth-order valence-electron chi connectivity index (χ4n) is 1.60. The summed E-state index contributed by atoms with van der Waals surface area (Å²) in [6, 6.07) is 6.21. The molecule has 1 saturated carbocycles. The van der Waals surface area contributed by atoms with Crippen LogP contribution in [0.2, 0.25) is 0 Å². The van der Waals surface area contributed by atoms with Gasteiger partial charge in [0.2, 0.25) is 0 Å². The predicted molar refractivity (Wildman–Crippen MR) is 53.2 cm³/mol. The SMILES string of the molecule is Cc1cccc([C@H](N)CC2CC2)n1. The van der Waals surface area contributed by atoms with Crippen molar-refractivity contribution in [1.82, 2.24) is 4.98 Å². The number of rotatable bonds is 3. The van der Waals surface area contributed by atoms with Gasteiger partial charge in [-0.3, -0.25) is 4.98 Å². The van der Waals surface area contributed by atoms with E-state index in [1.54, 1.807) is 0 Å². The molecule has 2 rings (SSSR count). The maximum atomic E-state index is 6.04. The molecule has 2 N–H and O–H groups in total. The van der Waals surface area contributed by atoms with Crippen molar-refractivity contribution < 1.29 is 0 Å². The number of hydrogen-bond donors (Lipinski definition) is 1. The van der Waals surface area contributed by atoms with Crippen molar-refractivity contribution in [2.24, 2.45) is 11.7 Å². The topological polar surface area (TPSA) is 38.9 Å². The van der Waals surface area contributed by atoms with E-state index < -0.39 is 0 Å². The Kier molecular flexibility index (Phi) is 2.32. The Balaban J connectivity index is 2.04. The van der Waals surface area contributed by atoms with E-state index in [0.717, 1.165) is 23.7 Å². The van der Waals surface area contributed by atoms with E-state index >= 15 is 0 Å². The number of nitrogens with zero attached hydrogens (tertiary/aromatic N) is 1. The molecule has 2 nitrogen and oxygen atoms in total. The summed E-state index contributed by atoms with van der Waals surface area (Å²) in [6.07, 6.45) is 3.83. The monoisotopic (exact) mass is 176 g/mol. The van der Waals surface area contributed by atoms with Gasteiger partial charge < -0.3 is 5.73 Å². The molecule has 0 bridgehead atoms. The van der Waals surface area contributed by atoms with E-state index in [9.17, 15) is 0 Å². The quantitative estimate of drug-likeness (QED) is 0.766. The number of hydrogen-bond acceptors (Lipinski definition) is 2. The molecule has 0 spiro atoms. The Morgan fingerprint density at radius 3 is 2.92 bits per heavy atom. The van der Waals surface area contributed by atoms with Crippen LogP contribution in [-0.4, -0.2) is 4.98 Å². The third-order valence-electron chi connectivity index (χ3n) is 2.57. The van der Waals surface area contributed by atoms with Gasteiger partial charge in [-0.25, -0.2) is 0 Å². The summed E-state index contributed by atoms with van der Waals surface area (Å²) >= 11 is 0. The van der Waals surface area contributed by atoms with Gasteiger partial charge in [0.1, 0.15) is 0 Å². The zero-order chi connectivity index (χ0) is 9.26. The summed E-state index contributed by atoms with van der Waals surface area (Å²) in [4.78, 5) is 4.43. The molecule has 1 aromatic heterocycles. The van der Waals surface area contributed by atoms with Gasteiger partial charge in [-0.05, 0) is 31.4 Å². The lowest BCUT2D eigenvalue weighted by atomic mass is 10.1. The summed E-state index contributed by atoms with van der Waals surface area (Å²) in [5.74, 6) is 0.873. The molecule has 0 saturated heterocycles. The number of pyridine rings is 1. The van der Waals surface area contributed by atoms with Crippen molar-refractivity contribution in [3.8, 4) is 0 Å². The lowest BCUT2D eigenvalue weighted by Crippen LogP contribution is -2.12. The molecule has 1 aliphatic rings. The van der Waals surface area contributed by atoms with Crippen LogP contribution in [-0.2, 0) is 0 Å². The first kappa shape index (κ1) is 8.70. The van der Waals surface area contributed by atoms with Crippen molar-refractivity contribution in [2.45, 2.75) is 32.2 Å². The molecule has 13 heavy (non-hydrogen) atoms. The van der Waals surface area contributed by atoms with E-state index in [0.29, 0.717) is 0 Å². The first-order valence-corrected chi connectivity index (χ1v) is 4.95. The van der Waals surface area contributed by atoms with Crippen LogP contribution in [0.1, 0.15) is 36.7 Å². The standard InChI is InChI=1S/C11H16N2/c1-8-3-2-4-11(13-8)10(12)7-9-5-6-9/h2-4,9-10H,5-7,12H2,1H3/t10-/m1/s1. The predicted octanol–water partition coefficient (Wildman–Crippen LogP) is 2.19. The first-order chi connectivity index (χ1) is 6.25. The second-order valence-corrected chi connectivity index (χ2v) is 3.99. The molecule has 1 heterocycles. The van der Waals surface area contributed by atoms with Crippen molar-refractivity contribution in [2.75, 3.05) is 0 Å². The maximum Gasteiger partial charge on any atom is 0.0574 e. The van der Waals surface area contributed by atoms with Crippen molar-refractivity contribution in [1.29, 1.82) is 0 Å². The molecule has 1 fully saturated rings. The fourth-order valence-corrected chi connectivity index (χ4v) is 1.60. The van der Waals surface area contributed by atoms with Gasteiger partial charge >= 0.3 is 0 Å². The van der Waals surface area contributed by atoms with E-state index in [-0.39, 0.29) is 6.04 Å². The van der Waals surface area contributed by atoms with Crippen LogP contribution in [0.25, 0.3) is 0 Å². The molecule has 1 atom stereocenters. The minimum absolute atomic E-state index is 0.146. The van der Waals surface area contributed by atoms with Crippen LogP contribution >= 0.6 is 0 Å². The second-order valence-electron chi connectivity index (χ2n) is 3.99. The Morgan fingerprint density at radius 1 is 1.54 bits per heavy atom. The summed E-state index contributed by atoms with van der Waals surface area (Å²) in [5, 5.41) is 0. The lowest BCUT2D eigenvalue weighted by Gasteiger charge is -2.10. The molecule has 0 radical (unpaired) electrons. The average molecular weight is 176 g/mol. The number of aryl methyl sites for hydroxylation is 1. The smallest absolute Gasteiger partial charge is 0.0574 e. The average Bonchev–Trinajstić information content (AvgIpc) is 2.88. The first-order valence-electron chi connectivity index (χ1n) is 4.95. The van der Waals surface area contributed by atoms with Gasteiger partial charge in [-0.15, -0.1) is 0 Å². The van der Waals surface area contributed by atoms with Gasteiger partial charge in [0.25, 0.3) is 0 Å². The van der Waals surface area contributed by atoms with Crippen LogP contribution in [0.15, 0.2) is 18.2 Å². The van der Waals surface area contributed by atoms with Crippen molar-refractivity contribution >= 4 is 0 Å². The fraction of sp³-hybridized carbons (Fsp3) is 0.545. The molecule has 70 valence electrons. The molecule has 0 aliphatic heterocycles. The second kappa shape index (κ2) is 3.46. The van der Waals surface area contributed by atoms with Crippen LogP contribution < -0.4 is 5.73 Å². The van der Waals surface area contributed by atoms with Crippen LogP contribution in [0.5, 0.6) is 0 Å². The normalized spacial score (nSPS) is 18.6. The lowest BCUT2D eigenvalue weighted by molar-refractivity contribution is 0.582. The highest BCUT2D eigenvalue weighted by Crippen LogP contribution is 2.36. The Labute approximate surface area is 79.2 Å². The van der Waals surface area contributed by atoms with E-state index in [4.69, 9.17) is 5.73 Å². The van der Waals surface area contributed by atoms with Gasteiger partial charge in [0, 0.05) is 11.7 Å². The highest BCUT2D eigenvalue weighted by molar-refractivity contribution is 5.13. The summed E-state index contributed by atoms with van der Waals surface area (Å²) in [5.41, 5.74) is 8.15. The highest BCUT2D eigenvalue weighted by Gasteiger charge is 2.24. The molecular formula is C11H16N2. The Hall–Kier alpha value is -0.890. The van der Waals surface area contributed by atoms with E-state index in [2.05, 4.69) is 4.98 Å². The molecular weight excluding hydrogens is 160 g/mol.